The highest BCUT2D eigenvalue weighted by Gasteiger charge is 2.16. The SMILES string of the molecule is COc1ccc(C(=O)NCCNC(=O)c2nc(Cn3cc(Br)cn3)no2)cc1OC. The molecule has 0 saturated carbocycles. The standard InChI is InChI=1S/C18H19BrN6O5/c1-28-13-4-3-11(7-14(13)29-2)16(26)20-5-6-21-17(27)18-23-15(24-30-18)10-25-9-12(19)8-22-25/h3-4,7-9H,5-6,10H2,1-2H3,(H,20,26)(H,21,27). The van der Waals surface area contributed by atoms with E-state index in [-0.39, 0.29) is 31.4 Å². The lowest BCUT2D eigenvalue weighted by molar-refractivity contribution is 0.0898. The van der Waals surface area contributed by atoms with E-state index in [1.54, 1.807) is 35.3 Å². The zero-order valence-corrected chi connectivity index (χ0v) is 17.8. The Labute approximate surface area is 179 Å². The van der Waals surface area contributed by atoms with E-state index in [9.17, 15) is 9.59 Å². The number of nitrogens with one attached hydrogen (secondary N) is 2. The van der Waals surface area contributed by atoms with Crippen LogP contribution in [0.3, 0.4) is 0 Å². The third kappa shape index (κ3) is 5.35. The van der Waals surface area contributed by atoms with Gasteiger partial charge in [0, 0.05) is 24.8 Å². The van der Waals surface area contributed by atoms with Crippen molar-refractivity contribution >= 4 is 27.7 Å². The predicted molar refractivity (Wildman–Crippen MR) is 108 cm³/mol. The second-order valence-electron chi connectivity index (χ2n) is 5.95. The highest BCUT2D eigenvalue weighted by molar-refractivity contribution is 9.10. The van der Waals surface area contributed by atoms with Gasteiger partial charge >= 0.3 is 11.8 Å². The molecule has 3 rings (SSSR count). The molecule has 0 atom stereocenters. The van der Waals surface area contributed by atoms with Crippen LogP contribution in [0.5, 0.6) is 11.5 Å². The van der Waals surface area contributed by atoms with Crippen LogP contribution in [0, 0.1) is 0 Å². The molecule has 2 N–H and O–H groups in total. The first-order valence-corrected chi connectivity index (χ1v) is 9.58. The van der Waals surface area contributed by atoms with Gasteiger partial charge in [0.25, 0.3) is 5.91 Å². The summed E-state index contributed by atoms with van der Waals surface area (Å²) in [4.78, 5) is 28.4. The van der Waals surface area contributed by atoms with Crippen LogP contribution < -0.4 is 20.1 Å². The molecule has 1 aromatic carbocycles. The van der Waals surface area contributed by atoms with E-state index in [0.717, 1.165) is 4.47 Å². The van der Waals surface area contributed by atoms with E-state index in [0.29, 0.717) is 22.9 Å². The average Bonchev–Trinajstić information content (AvgIpc) is 3.39. The van der Waals surface area contributed by atoms with E-state index in [2.05, 4.69) is 41.8 Å². The van der Waals surface area contributed by atoms with Crippen molar-refractivity contribution in [3.05, 3.63) is 52.3 Å². The number of hydrogen-bond donors (Lipinski definition) is 2. The number of aromatic nitrogens is 4. The zero-order valence-electron chi connectivity index (χ0n) is 16.2. The number of rotatable bonds is 9. The van der Waals surface area contributed by atoms with Gasteiger partial charge in [-0.2, -0.15) is 10.1 Å². The number of benzene rings is 1. The molecule has 3 aromatic rings. The minimum absolute atomic E-state index is 0.164. The fourth-order valence-electron chi connectivity index (χ4n) is 2.49. The number of nitrogens with zero attached hydrogens (tertiary/aromatic N) is 4. The van der Waals surface area contributed by atoms with E-state index in [1.807, 2.05) is 0 Å². The summed E-state index contributed by atoms with van der Waals surface area (Å²) in [7, 11) is 3.01. The van der Waals surface area contributed by atoms with Gasteiger partial charge in [0.1, 0.15) is 6.54 Å². The van der Waals surface area contributed by atoms with Crippen LogP contribution in [0.4, 0.5) is 0 Å². The fraction of sp³-hybridized carbons (Fsp3) is 0.278. The van der Waals surface area contributed by atoms with Gasteiger partial charge in [-0.05, 0) is 34.1 Å². The van der Waals surface area contributed by atoms with Gasteiger partial charge in [0.2, 0.25) is 0 Å². The number of carbonyl (C=O) groups is 2. The van der Waals surface area contributed by atoms with E-state index in [4.69, 9.17) is 14.0 Å². The van der Waals surface area contributed by atoms with Crippen LogP contribution in [-0.2, 0) is 6.54 Å². The van der Waals surface area contributed by atoms with Gasteiger partial charge in [-0.1, -0.05) is 5.16 Å². The Bertz CT molecular complexity index is 1030. The molecule has 0 unspecified atom stereocenters. The highest BCUT2D eigenvalue weighted by Crippen LogP contribution is 2.27. The Hall–Kier alpha value is -3.41. The third-order valence-electron chi connectivity index (χ3n) is 3.91. The van der Waals surface area contributed by atoms with Crippen LogP contribution >= 0.6 is 15.9 Å². The van der Waals surface area contributed by atoms with E-state index < -0.39 is 5.91 Å². The lowest BCUT2D eigenvalue weighted by Gasteiger charge is -2.10. The molecule has 158 valence electrons. The molecular weight excluding hydrogens is 460 g/mol. The maximum absolute atomic E-state index is 12.2. The molecule has 0 fully saturated rings. The molecule has 0 aliphatic rings. The normalized spacial score (nSPS) is 10.5. The topological polar surface area (TPSA) is 133 Å². The van der Waals surface area contributed by atoms with Crippen molar-refractivity contribution in [2.24, 2.45) is 0 Å². The summed E-state index contributed by atoms with van der Waals surface area (Å²) in [5, 5.41) is 13.1. The number of methoxy groups -OCH3 is 2. The van der Waals surface area contributed by atoms with Crippen molar-refractivity contribution in [1.82, 2.24) is 30.6 Å². The predicted octanol–water partition coefficient (Wildman–Crippen LogP) is 1.25. The number of hydrogen-bond acceptors (Lipinski definition) is 8. The Kier molecular flexibility index (Phi) is 7.01. The molecule has 0 radical (unpaired) electrons. The van der Waals surface area contributed by atoms with Gasteiger partial charge in [-0.15, -0.1) is 0 Å². The summed E-state index contributed by atoms with van der Waals surface area (Å²) >= 11 is 3.29. The monoisotopic (exact) mass is 478 g/mol. The highest BCUT2D eigenvalue weighted by atomic mass is 79.9. The first kappa shape index (κ1) is 21.3. The summed E-state index contributed by atoms with van der Waals surface area (Å²) in [5.74, 6) is 0.292. The van der Waals surface area contributed by atoms with E-state index >= 15 is 0 Å². The summed E-state index contributed by atoms with van der Waals surface area (Å²) in [6.07, 6.45) is 3.38. The molecule has 2 heterocycles. The lowest BCUT2D eigenvalue weighted by atomic mass is 10.2. The number of ether oxygens (including phenoxy) is 2. The van der Waals surface area contributed by atoms with Gasteiger partial charge in [-0.25, -0.2) is 0 Å². The summed E-state index contributed by atoms with van der Waals surface area (Å²) < 4.78 is 17.7. The van der Waals surface area contributed by atoms with Crippen molar-refractivity contribution in [3.63, 3.8) is 0 Å². The average molecular weight is 479 g/mol. The first-order valence-electron chi connectivity index (χ1n) is 8.79. The van der Waals surface area contributed by atoms with Crippen molar-refractivity contribution in [2.45, 2.75) is 6.54 Å². The van der Waals surface area contributed by atoms with Crippen molar-refractivity contribution in [3.8, 4) is 11.5 Å². The Morgan fingerprint density at radius 1 is 1.13 bits per heavy atom. The fourth-order valence-corrected chi connectivity index (χ4v) is 2.82. The third-order valence-corrected chi connectivity index (χ3v) is 4.32. The Morgan fingerprint density at radius 3 is 2.53 bits per heavy atom. The molecule has 0 saturated heterocycles. The second kappa shape index (κ2) is 9.87. The number of carbonyl (C=O) groups excluding carboxylic acids is 2. The molecule has 2 aromatic heterocycles. The molecular formula is C18H19BrN6O5. The summed E-state index contributed by atoms with van der Waals surface area (Å²) in [6.45, 7) is 0.659. The maximum Gasteiger partial charge on any atom is 0.316 e. The van der Waals surface area contributed by atoms with Gasteiger partial charge in [-0.3, -0.25) is 14.3 Å². The van der Waals surface area contributed by atoms with Gasteiger partial charge < -0.3 is 24.6 Å². The Balaban J connectivity index is 1.45. The molecule has 0 bridgehead atoms. The molecule has 2 amide bonds. The molecule has 0 spiro atoms. The minimum Gasteiger partial charge on any atom is -0.493 e. The van der Waals surface area contributed by atoms with Crippen LogP contribution in [0.2, 0.25) is 0 Å². The quantitative estimate of drug-likeness (QED) is 0.439. The van der Waals surface area contributed by atoms with Crippen LogP contribution in [0.25, 0.3) is 0 Å². The Morgan fingerprint density at radius 2 is 1.87 bits per heavy atom. The molecule has 30 heavy (non-hydrogen) atoms. The molecule has 11 nitrogen and oxygen atoms in total. The van der Waals surface area contributed by atoms with Gasteiger partial charge in [0.05, 0.1) is 24.9 Å². The minimum atomic E-state index is -0.532. The first-order chi connectivity index (χ1) is 14.5. The van der Waals surface area contributed by atoms with Crippen molar-refractivity contribution in [2.75, 3.05) is 27.3 Å². The maximum atomic E-state index is 12.2. The smallest absolute Gasteiger partial charge is 0.316 e. The lowest BCUT2D eigenvalue weighted by Crippen LogP contribution is -2.34. The zero-order chi connectivity index (χ0) is 21.5. The van der Waals surface area contributed by atoms with Crippen molar-refractivity contribution < 1.29 is 23.6 Å². The number of halogens is 1. The van der Waals surface area contributed by atoms with Gasteiger partial charge in [0.15, 0.2) is 17.3 Å². The van der Waals surface area contributed by atoms with Crippen LogP contribution in [-0.4, -0.2) is 59.0 Å². The summed E-state index contributed by atoms with van der Waals surface area (Å²) in [6, 6.07) is 4.84. The van der Waals surface area contributed by atoms with Crippen molar-refractivity contribution in [1.29, 1.82) is 0 Å². The van der Waals surface area contributed by atoms with E-state index in [1.165, 1.54) is 14.2 Å². The second-order valence-corrected chi connectivity index (χ2v) is 6.87. The van der Waals surface area contributed by atoms with Crippen LogP contribution in [0.15, 0.2) is 39.6 Å². The molecule has 0 aliphatic heterocycles. The molecule has 12 heteroatoms. The number of amides is 2. The molecule has 0 aliphatic carbocycles. The summed E-state index contributed by atoms with van der Waals surface area (Å²) in [5.41, 5.74) is 0.408. The largest absolute Gasteiger partial charge is 0.493 e. The van der Waals surface area contributed by atoms with Crippen LogP contribution in [0.1, 0.15) is 26.9 Å².